The molecule has 1 N–H and O–H groups in total. The van der Waals surface area contributed by atoms with Gasteiger partial charge < -0.3 is 19.3 Å². The summed E-state index contributed by atoms with van der Waals surface area (Å²) in [6, 6.07) is 16.6. The zero-order valence-corrected chi connectivity index (χ0v) is 26.6. The number of carbonyl (C=O) groups is 1. The number of ether oxygens (including phenoxy) is 3. The smallest absolute Gasteiger partial charge is 0.342 e. The molecule has 236 valence electrons. The van der Waals surface area contributed by atoms with Crippen LogP contribution in [0.2, 0.25) is 0 Å². The number of aromatic nitrogens is 3. The number of carboxylic acid groups (broad SMARTS) is 1. The van der Waals surface area contributed by atoms with Crippen molar-refractivity contribution in [2.45, 2.75) is 78.7 Å². The number of hydrogen-bond donors (Lipinski definition) is 1. The minimum absolute atomic E-state index is 0.00166. The van der Waals surface area contributed by atoms with Crippen LogP contribution in [0.4, 0.5) is 0 Å². The molecule has 0 radical (unpaired) electrons. The van der Waals surface area contributed by atoms with Gasteiger partial charge >= 0.3 is 5.97 Å². The van der Waals surface area contributed by atoms with Crippen LogP contribution < -0.4 is 9.47 Å². The average Bonchev–Trinajstić information content (AvgIpc) is 3.49. The molecule has 6 rings (SSSR count). The molecule has 2 aliphatic rings. The van der Waals surface area contributed by atoms with Crippen LogP contribution >= 0.6 is 0 Å². The first-order chi connectivity index (χ1) is 21.8. The van der Waals surface area contributed by atoms with E-state index in [0.29, 0.717) is 24.2 Å². The fraction of sp³-hybridized carbons (Fsp3) is 0.417. The Morgan fingerprint density at radius 2 is 2.00 bits per heavy atom. The molecular formula is C36H42N4O5. The van der Waals surface area contributed by atoms with E-state index in [1.807, 2.05) is 51.1 Å². The van der Waals surface area contributed by atoms with E-state index in [9.17, 15) is 9.90 Å². The van der Waals surface area contributed by atoms with Gasteiger partial charge in [-0.15, -0.1) is 0 Å². The molecule has 2 aliphatic heterocycles. The lowest BCUT2D eigenvalue weighted by Gasteiger charge is -2.38. The van der Waals surface area contributed by atoms with Gasteiger partial charge in [0, 0.05) is 31.3 Å². The van der Waals surface area contributed by atoms with Crippen LogP contribution in [0.5, 0.6) is 11.6 Å². The third kappa shape index (κ3) is 6.46. The van der Waals surface area contributed by atoms with Gasteiger partial charge in [0.05, 0.1) is 24.6 Å². The van der Waals surface area contributed by atoms with Crippen molar-refractivity contribution in [3.63, 3.8) is 0 Å². The highest BCUT2D eigenvalue weighted by molar-refractivity contribution is 5.90. The number of aromatic carboxylic acids is 1. The van der Waals surface area contributed by atoms with Gasteiger partial charge in [0.2, 0.25) is 5.88 Å². The van der Waals surface area contributed by atoms with Gasteiger partial charge in [-0.2, -0.15) is 9.78 Å². The van der Waals surface area contributed by atoms with E-state index in [1.54, 1.807) is 6.07 Å². The van der Waals surface area contributed by atoms with Crippen molar-refractivity contribution in [2.75, 3.05) is 19.8 Å². The first-order valence-electron chi connectivity index (χ1n) is 15.9. The van der Waals surface area contributed by atoms with E-state index < -0.39 is 5.97 Å². The molecule has 45 heavy (non-hydrogen) atoms. The van der Waals surface area contributed by atoms with Crippen LogP contribution in [0.25, 0.3) is 17.1 Å². The van der Waals surface area contributed by atoms with Gasteiger partial charge in [-0.3, -0.25) is 4.90 Å². The molecule has 0 bridgehead atoms. The average molecular weight is 611 g/mol. The highest BCUT2D eigenvalue weighted by Gasteiger charge is 2.27. The second-order valence-corrected chi connectivity index (χ2v) is 12.1. The topological polar surface area (TPSA) is 98.9 Å². The number of rotatable bonds is 10. The minimum atomic E-state index is -1.10. The van der Waals surface area contributed by atoms with E-state index in [0.717, 1.165) is 62.4 Å². The summed E-state index contributed by atoms with van der Waals surface area (Å²) in [5.74, 6) is 0.301. The van der Waals surface area contributed by atoms with Crippen molar-refractivity contribution < 1.29 is 24.1 Å². The number of nitrogens with zero attached hydrogens (tertiary/aromatic N) is 4. The van der Waals surface area contributed by atoms with Crippen molar-refractivity contribution in [3.05, 3.63) is 88.1 Å². The number of aryl methyl sites for hydroxylation is 1. The Morgan fingerprint density at radius 3 is 2.78 bits per heavy atom. The fourth-order valence-corrected chi connectivity index (χ4v) is 6.31. The Hall–Kier alpha value is -4.21. The maximum Gasteiger partial charge on any atom is 0.342 e. The van der Waals surface area contributed by atoms with Crippen LogP contribution in [0, 0.1) is 13.8 Å². The predicted octanol–water partition coefficient (Wildman–Crippen LogP) is 6.54. The molecule has 9 heteroatoms. The monoisotopic (exact) mass is 610 g/mol. The van der Waals surface area contributed by atoms with E-state index in [1.165, 1.54) is 39.6 Å². The third-order valence-corrected chi connectivity index (χ3v) is 9.14. The first-order valence-corrected chi connectivity index (χ1v) is 15.9. The van der Waals surface area contributed by atoms with Crippen molar-refractivity contribution in [1.29, 1.82) is 0 Å². The van der Waals surface area contributed by atoms with Crippen LogP contribution in [0.1, 0.15) is 71.3 Å². The van der Waals surface area contributed by atoms with E-state index in [2.05, 4.69) is 29.1 Å². The molecule has 0 saturated carbocycles. The quantitative estimate of drug-likeness (QED) is 0.216. The van der Waals surface area contributed by atoms with Crippen LogP contribution in [-0.2, 0) is 24.3 Å². The number of pyridine rings is 1. The molecule has 2 atom stereocenters. The van der Waals surface area contributed by atoms with Crippen molar-refractivity contribution in [3.8, 4) is 28.7 Å². The molecule has 0 amide bonds. The summed E-state index contributed by atoms with van der Waals surface area (Å²) in [5.41, 5.74) is 7.90. The molecule has 1 saturated heterocycles. The van der Waals surface area contributed by atoms with Gasteiger partial charge in [0.25, 0.3) is 0 Å². The summed E-state index contributed by atoms with van der Waals surface area (Å²) in [6.07, 6.45) is 5.24. The lowest BCUT2D eigenvalue weighted by molar-refractivity contribution is 0.0125. The molecule has 4 heterocycles. The van der Waals surface area contributed by atoms with Crippen molar-refractivity contribution in [2.24, 2.45) is 0 Å². The summed E-state index contributed by atoms with van der Waals surface area (Å²) in [5, 5.41) is 14.1. The van der Waals surface area contributed by atoms with Crippen molar-refractivity contribution in [1.82, 2.24) is 19.7 Å². The molecule has 2 aromatic carbocycles. The molecule has 1 fully saturated rings. The van der Waals surface area contributed by atoms with Crippen LogP contribution in [-0.4, -0.2) is 62.6 Å². The Bertz CT molecular complexity index is 1680. The SMILES string of the molecule is CCC(C)Oc1c(C(=O)O)cnn1-c1cccc(-c2cccc(C)c2OCc2ccc3c(c2C)CCN(C2CCCOC2)C3)n1. The highest BCUT2D eigenvalue weighted by Crippen LogP contribution is 2.35. The second-order valence-electron chi connectivity index (χ2n) is 12.1. The number of benzene rings is 2. The van der Waals surface area contributed by atoms with Crippen LogP contribution in [0.3, 0.4) is 0 Å². The van der Waals surface area contributed by atoms with Gasteiger partial charge in [-0.25, -0.2) is 9.78 Å². The lowest BCUT2D eigenvalue weighted by Crippen LogP contribution is -2.44. The van der Waals surface area contributed by atoms with Gasteiger partial charge in [0.15, 0.2) is 5.82 Å². The molecule has 0 spiro atoms. The zero-order valence-electron chi connectivity index (χ0n) is 26.6. The summed E-state index contributed by atoms with van der Waals surface area (Å²) in [4.78, 5) is 19.4. The Kier molecular flexibility index (Phi) is 9.19. The molecule has 2 unspecified atom stereocenters. The number of hydrogen-bond acceptors (Lipinski definition) is 7. The largest absolute Gasteiger partial charge is 0.488 e. The molecule has 9 nitrogen and oxygen atoms in total. The standard InChI is InChI=1S/C36H42N4O5/c1-5-24(3)45-35-31(36(41)42)19-37-40(35)33-13-7-12-32(38-33)30-11-6-9-23(2)34(30)44-21-27-15-14-26-20-39(17-16-29(26)25(27)4)28-10-8-18-43-22-28/h6-7,9,11-15,19,24,28H,5,8,10,16-18,20-22H2,1-4H3,(H,41,42). The minimum Gasteiger partial charge on any atom is -0.488 e. The second kappa shape index (κ2) is 13.4. The Balaban J connectivity index is 1.25. The summed E-state index contributed by atoms with van der Waals surface area (Å²) in [6.45, 7) is 12.4. The van der Waals surface area contributed by atoms with E-state index in [-0.39, 0.29) is 17.5 Å². The van der Waals surface area contributed by atoms with E-state index in [4.69, 9.17) is 19.2 Å². The summed E-state index contributed by atoms with van der Waals surface area (Å²) in [7, 11) is 0. The van der Waals surface area contributed by atoms with Gasteiger partial charge in [-0.05, 0) is 92.5 Å². The maximum absolute atomic E-state index is 11.9. The molecule has 0 aliphatic carbocycles. The summed E-state index contributed by atoms with van der Waals surface area (Å²) < 4.78 is 19.8. The van der Waals surface area contributed by atoms with Crippen LogP contribution in [0.15, 0.2) is 54.7 Å². The summed E-state index contributed by atoms with van der Waals surface area (Å²) >= 11 is 0. The van der Waals surface area contributed by atoms with E-state index >= 15 is 0 Å². The predicted molar refractivity (Wildman–Crippen MR) is 172 cm³/mol. The molecule has 2 aromatic heterocycles. The number of fused-ring (bicyclic) bond motifs is 1. The molecule has 4 aromatic rings. The fourth-order valence-electron chi connectivity index (χ4n) is 6.31. The third-order valence-electron chi connectivity index (χ3n) is 9.14. The van der Waals surface area contributed by atoms with Gasteiger partial charge in [-0.1, -0.05) is 37.3 Å². The normalized spacial score (nSPS) is 17.5. The zero-order chi connectivity index (χ0) is 31.5. The Morgan fingerprint density at radius 1 is 1.16 bits per heavy atom. The highest BCUT2D eigenvalue weighted by atomic mass is 16.5. The molecular weight excluding hydrogens is 568 g/mol. The Labute approximate surface area is 264 Å². The lowest BCUT2D eigenvalue weighted by atomic mass is 9.91. The van der Waals surface area contributed by atoms with Gasteiger partial charge in [0.1, 0.15) is 17.9 Å². The first kappa shape index (κ1) is 30.8. The number of para-hydroxylation sites is 1. The van der Waals surface area contributed by atoms with Crippen molar-refractivity contribution >= 4 is 5.97 Å². The number of carboxylic acids is 1. The maximum atomic E-state index is 11.9.